The Hall–Kier alpha value is -0.160. The van der Waals surface area contributed by atoms with Crippen LogP contribution < -0.4 is 0 Å². The van der Waals surface area contributed by atoms with Gasteiger partial charge < -0.3 is 19.7 Å². The maximum absolute atomic E-state index is 12.2. The van der Waals surface area contributed by atoms with Crippen molar-refractivity contribution in [2.75, 3.05) is 13.2 Å². The Kier molecular flexibility index (Phi) is 2.39. The van der Waals surface area contributed by atoms with Gasteiger partial charge in [-0.15, -0.1) is 0 Å². The molecule has 0 radical (unpaired) electrons. The highest BCUT2D eigenvalue weighted by Crippen LogP contribution is 2.43. The zero-order valence-electron chi connectivity index (χ0n) is 10.0. The summed E-state index contributed by atoms with van der Waals surface area (Å²) in [4.78, 5) is 0. The third kappa shape index (κ3) is 1.80. The quantitative estimate of drug-likeness (QED) is 0.617. The van der Waals surface area contributed by atoms with E-state index in [1.807, 2.05) is 27.7 Å². The summed E-state index contributed by atoms with van der Waals surface area (Å²) in [7, 11) is 0. The van der Waals surface area contributed by atoms with Crippen LogP contribution in [0.3, 0.4) is 0 Å². The van der Waals surface area contributed by atoms with Crippen LogP contribution in [0.1, 0.15) is 40.5 Å². The molecular formula is C11H20NO3-. The Morgan fingerprint density at radius 3 is 1.93 bits per heavy atom. The predicted octanol–water partition coefficient (Wildman–Crippen LogP) is 1.88. The molecular weight excluding hydrogens is 194 g/mol. The minimum atomic E-state index is -0.543. The first kappa shape index (κ1) is 11.3. The molecule has 2 aliphatic heterocycles. The molecule has 4 nitrogen and oxygen atoms in total. The first-order chi connectivity index (χ1) is 6.78. The average Bonchev–Trinajstić information content (AvgIpc) is 2.36. The second-order valence-corrected chi connectivity index (χ2v) is 5.81. The SMILES string of the molecule is CC1(C)OCC2(CCC(C)(C)N2[O-])CO1. The van der Waals surface area contributed by atoms with Crippen molar-refractivity contribution in [3.8, 4) is 0 Å². The van der Waals surface area contributed by atoms with Gasteiger partial charge in [0.05, 0.1) is 18.8 Å². The van der Waals surface area contributed by atoms with Crippen LogP contribution >= 0.6 is 0 Å². The van der Waals surface area contributed by atoms with Crippen LogP contribution in [0, 0.1) is 5.21 Å². The summed E-state index contributed by atoms with van der Waals surface area (Å²) in [6.07, 6.45) is 1.77. The molecule has 0 N–H and O–H groups in total. The molecule has 0 amide bonds. The van der Waals surface area contributed by atoms with Crippen molar-refractivity contribution in [3.05, 3.63) is 5.21 Å². The van der Waals surface area contributed by atoms with Gasteiger partial charge in [-0.3, -0.25) is 0 Å². The number of hydrogen-bond donors (Lipinski definition) is 0. The predicted molar refractivity (Wildman–Crippen MR) is 57.2 cm³/mol. The maximum Gasteiger partial charge on any atom is 0.162 e. The molecule has 0 unspecified atom stereocenters. The van der Waals surface area contributed by atoms with Gasteiger partial charge in [0.15, 0.2) is 5.79 Å². The smallest absolute Gasteiger partial charge is 0.162 e. The van der Waals surface area contributed by atoms with E-state index in [0.29, 0.717) is 13.2 Å². The van der Waals surface area contributed by atoms with Crippen LogP contribution in [0.4, 0.5) is 0 Å². The first-order valence-electron chi connectivity index (χ1n) is 5.53. The van der Waals surface area contributed by atoms with E-state index < -0.39 is 11.3 Å². The summed E-state index contributed by atoms with van der Waals surface area (Å²) in [5, 5.41) is 13.4. The maximum atomic E-state index is 12.2. The van der Waals surface area contributed by atoms with Crippen LogP contribution in [0.2, 0.25) is 0 Å². The Labute approximate surface area is 91.1 Å². The van der Waals surface area contributed by atoms with E-state index in [0.717, 1.165) is 12.8 Å². The van der Waals surface area contributed by atoms with Crippen molar-refractivity contribution in [2.45, 2.75) is 57.4 Å². The largest absolute Gasteiger partial charge is 0.784 e. The third-order valence-corrected chi connectivity index (χ3v) is 3.56. The van der Waals surface area contributed by atoms with E-state index in [1.165, 1.54) is 5.06 Å². The highest BCUT2D eigenvalue weighted by Gasteiger charge is 2.49. The summed E-state index contributed by atoms with van der Waals surface area (Å²) in [6, 6.07) is 0. The fourth-order valence-corrected chi connectivity index (χ4v) is 2.34. The third-order valence-electron chi connectivity index (χ3n) is 3.56. The van der Waals surface area contributed by atoms with Crippen molar-refractivity contribution in [2.24, 2.45) is 0 Å². The highest BCUT2D eigenvalue weighted by molar-refractivity contribution is 5.07. The van der Waals surface area contributed by atoms with Gasteiger partial charge in [-0.1, -0.05) is 0 Å². The molecule has 2 aliphatic rings. The minimum absolute atomic E-state index is 0.284. The normalized spacial score (nSPS) is 33.4. The van der Waals surface area contributed by atoms with Gasteiger partial charge in [0.1, 0.15) is 0 Å². The van der Waals surface area contributed by atoms with Gasteiger partial charge in [-0.2, -0.15) is 0 Å². The zero-order valence-corrected chi connectivity index (χ0v) is 10.0. The summed E-state index contributed by atoms with van der Waals surface area (Å²) in [6.45, 7) is 8.69. The number of rotatable bonds is 0. The lowest BCUT2D eigenvalue weighted by molar-refractivity contribution is -0.282. The van der Waals surface area contributed by atoms with Gasteiger partial charge in [0.2, 0.25) is 0 Å². The van der Waals surface area contributed by atoms with Crippen LogP contribution in [-0.4, -0.2) is 35.1 Å². The van der Waals surface area contributed by atoms with E-state index in [1.54, 1.807) is 0 Å². The van der Waals surface area contributed by atoms with Gasteiger partial charge in [0.25, 0.3) is 0 Å². The molecule has 4 heteroatoms. The van der Waals surface area contributed by atoms with Gasteiger partial charge >= 0.3 is 0 Å². The molecule has 88 valence electrons. The molecule has 0 aliphatic carbocycles. The fourth-order valence-electron chi connectivity index (χ4n) is 2.34. The van der Waals surface area contributed by atoms with Crippen LogP contribution in [0.15, 0.2) is 0 Å². The van der Waals surface area contributed by atoms with E-state index in [9.17, 15) is 5.21 Å². The van der Waals surface area contributed by atoms with Crippen LogP contribution in [-0.2, 0) is 9.47 Å². The Bertz CT molecular complexity index is 253. The van der Waals surface area contributed by atoms with Crippen LogP contribution in [0.25, 0.3) is 0 Å². The molecule has 2 rings (SSSR count). The van der Waals surface area contributed by atoms with E-state index in [2.05, 4.69) is 0 Å². The number of hydroxylamine groups is 2. The molecule has 0 aromatic rings. The van der Waals surface area contributed by atoms with E-state index in [4.69, 9.17) is 9.47 Å². The summed E-state index contributed by atoms with van der Waals surface area (Å²) < 4.78 is 11.2. The van der Waals surface area contributed by atoms with Crippen LogP contribution in [0.5, 0.6) is 0 Å². The van der Waals surface area contributed by atoms with Gasteiger partial charge in [0, 0.05) is 5.54 Å². The number of nitrogens with zero attached hydrogens (tertiary/aromatic N) is 1. The number of hydrogen-bond acceptors (Lipinski definition) is 4. The highest BCUT2D eigenvalue weighted by atomic mass is 16.7. The molecule has 15 heavy (non-hydrogen) atoms. The Morgan fingerprint density at radius 2 is 1.53 bits per heavy atom. The van der Waals surface area contributed by atoms with E-state index >= 15 is 0 Å². The summed E-state index contributed by atoms with van der Waals surface area (Å²) >= 11 is 0. The van der Waals surface area contributed by atoms with Crippen molar-refractivity contribution in [3.63, 3.8) is 0 Å². The molecule has 0 atom stereocenters. The second-order valence-electron chi connectivity index (χ2n) is 5.81. The van der Waals surface area contributed by atoms with Gasteiger partial charge in [-0.25, -0.2) is 0 Å². The zero-order chi connectivity index (χ0) is 11.3. The molecule has 1 spiro atoms. The van der Waals surface area contributed by atoms with Crippen molar-refractivity contribution in [1.82, 2.24) is 5.06 Å². The standard InChI is InChI=1S/C11H20NO3/c1-9(2)5-6-11(12(9)13)7-14-10(3,4)15-8-11/h5-8H2,1-4H3/q-1. The summed E-state index contributed by atoms with van der Waals surface area (Å²) in [5.41, 5.74) is -0.729. The van der Waals surface area contributed by atoms with E-state index in [-0.39, 0.29) is 5.54 Å². The molecule has 2 fully saturated rings. The van der Waals surface area contributed by atoms with Gasteiger partial charge in [-0.05, 0) is 40.5 Å². The number of ether oxygens (including phenoxy) is 2. The molecule has 2 heterocycles. The topological polar surface area (TPSA) is 44.8 Å². The minimum Gasteiger partial charge on any atom is -0.784 e. The second kappa shape index (κ2) is 3.17. The monoisotopic (exact) mass is 214 g/mol. The molecule has 0 saturated carbocycles. The molecule has 0 aromatic heterocycles. The Morgan fingerprint density at radius 1 is 1.00 bits per heavy atom. The average molecular weight is 214 g/mol. The lowest BCUT2D eigenvalue weighted by Crippen LogP contribution is -2.59. The lowest BCUT2D eigenvalue weighted by Gasteiger charge is -2.53. The van der Waals surface area contributed by atoms with Crippen molar-refractivity contribution < 1.29 is 9.47 Å². The summed E-state index contributed by atoms with van der Waals surface area (Å²) in [5.74, 6) is -0.543. The van der Waals surface area contributed by atoms with Crippen molar-refractivity contribution >= 4 is 0 Å². The Balaban J connectivity index is 2.11. The first-order valence-corrected chi connectivity index (χ1v) is 5.53. The molecule has 0 bridgehead atoms. The van der Waals surface area contributed by atoms with Crippen molar-refractivity contribution in [1.29, 1.82) is 0 Å². The fraction of sp³-hybridized carbons (Fsp3) is 1.00. The molecule has 0 aromatic carbocycles. The molecule has 2 saturated heterocycles. The lowest BCUT2D eigenvalue weighted by atomic mass is 9.97.